The van der Waals surface area contributed by atoms with Crippen molar-refractivity contribution in [2.24, 2.45) is 0 Å². The van der Waals surface area contributed by atoms with Crippen molar-refractivity contribution < 1.29 is 0 Å². The van der Waals surface area contributed by atoms with Crippen LogP contribution in [0, 0.1) is 10.6 Å². The van der Waals surface area contributed by atoms with Crippen LogP contribution in [0.25, 0.3) is 5.52 Å². The summed E-state index contributed by atoms with van der Waals surface area (Å²) in [5.74, 6) is 0. The minimum absolute atomic E-state index is 0.651. The van der Waals surface area contributed by atoms with Gasteiger partial charge in [-0.3, -0.25) is 0 Å². The molecule has 0 aliphatic carbocycles. The van der Waals surface area contributed by atoms with E-state index in [0.29, 0.717) is 5.15 Å². The molecule has 62 valence electrons. The Hall–Kier alpha value is -0.290. The lowest BCUT2D eigenvalue weighted by molar-refractivity contribution is 0.946. The van der Waals surface area contributed by atoms with Crippen LogP contribution in [0.1, 0.15) is 5.56 Å². The van der Waals surface area contributed by atoms with E-state index in [-0.39, 0.29) is 0 Å². The summed E-state index contributed by atoms with van der Waals surface area (Å²) >= 11 is 8.14. The van der Waals surface area contributed by atoms with Crippen LogP contribution in [0.15, 0.2) is 18.2 Å². The van der Waals surface area contributed by atoms with Crippen LogP contribution in [0.5, 0.6) is 0 Å². The van der Waals surface area contributed by atoms with Crippen molar-refractivity contribution in [3.8, 4) is 0 Å². The smallest absolute Gasteiger partial charge is 0.131 e. The van der Waals surface area contributed by atoms with E-state index in [0.717, 1.165) is 9.22 Å². The van der Waals surface area contributed by atoms with Gasteiger partial charge in [0.05, 0.1) is 5.52 Å². The number of halogens is 2. The molecule has 4 heteroatoms. The number of hydrogen-bond donors (Lipinski definition) is 0. The van der Waals surface area contributed by atoms with Crippen LogP contribution in [0.2, 0.25) is 5.15 Å². The maximum atomic E-state index is 5.94. The Morgan fingerprint density at radius 3 is 2.92 bits per heavy atom. The molecule has 12 heavy (non-hydrogen) atoms. The van der Waals surface area contributed by atoms with E-state index in [4.69, 9.17) is 11.6 Å². The Kier molecular flexibility index (Phi) is 2.00. The van der Waals surface area contributed by atoms with Crippen LogP contribution < -0.4 is 0 Å². The summed E-state index contributed by atoms with van der Waals surface area (Å²) in [5, 5.41) is 4.94. The van der Waals surface area contributed by atoms with Crippen molar-refractivity contribution in [1.29, 1.82) is 0 Å². The van der Waals surface area contributed by atoms with E-state index >= 15 is 0 Å². The molecule has 2 aromatic rings. The number of nitrogens with zero attached hydrogens (tertiary/aromatic N) is 2. The van der Waals surface area contributed by atoms with Gasteiger partial charge < -0.3 is 0 Å². The van der Waals surface area contributed by atoms with E-state index in [9.17, 15) is 0 Å². The molecule has 2 nitrogen and oxygen atoms in total. The van der Waals surface area contributed by atoms with Gasteiger partial charge >= 0.3 is 0 Å². The second kappa shape index (κ2) is 2.88. The van der Waals surface area contributed by atoms with Crippen molar-refractivity contribution in [2.75, 3.05) is 0 Å². The molecule has 0 fully saturated rings. The first kappa shape index (κ1) is 8.31. The first-order valence-electron chi connectivity index (χ1n) is 3.49. The standard InChI is InChI=1S/C8H6ClIN2/c1-5-6-3-2-4-7(9)12(6)11-8(5)10/h2-4H,1H3. The topological polar surface area (TPSA) is 17.3 Å². The SMILES string of the molecule is Cc1c(I)nn2c(Cl)cccc12. The summed E-state index contributed by atoms with van der Waals surface area (Å²) in [4.78, 5) is 0. The highest BCUT2D eigenvalue weighted by atomic mass is 127. The van der Waals surface area contributed by atoms with Gasteiger partial charge in [0.25, 0.3) is 0 Å². The van der Waals surface area contributed by atoms with Crippen molar-refractivity contribution in [2.45, 2.75) is 6.92 Å². The molecule has 0 bridgehead atoms. The molecule has 0 N–H and O–H groups in total. The Morgan fingerprint density at radius 1 is 1.50 bits per heavy atom. The maximum absolute atomic E-state index is 5.94. The third-order valence-corrected chi connectivity index (χ3v) is 3.11. The molecule has 0 aliphatic rings. The van der Waals surface area contributed by atoms with Gasteiger partial charge in [-0.15, -0.1) is 0 Å². The Bertz CT molecular complexity index is 436. The fourth-order valence-corrected chi connectivity index (χ4v) is 1.82. The highest BCUT2D eigenvalue weighted by Gasteiger charge is 2.06. The molecule has 2 aromatic heterocycles. The average Bonchev–Trinajstić information content (AvgIpc) is 2.32. The number of fused-ring (bicyclic) bond motifs is 1. The zero-order chi connectivity index (χ0) is 8.72. The highest BCUT2D eigenvalue weighted by molar-refractivity contribution is 14.1. The zero-order valence-corrected chi connectivity index (χ0v) is 9.30. The summed E-state index contributed by atoms with van der Waals surface area (Å²) in [6, 6.07) is 5.77. The van der Waals surface area contributed by atoms with Crippen LogP contribution in [-0.2, 0) is 0 Å². The van der Waals surface area contributed by atoms with E-state index in [2.05, 4.69) is 27.7 Å². The summed E-state index contributed by atoms with van der Waals surface area (Å²) in [5.41, 5.74) is 2.25. The Balaban J connectivity index is 2.95. The van der Waals surface area contributed by atoms with Gasteiger partial charge in [-0.2, -0.15) is 5.10 Å². The van der Waals surface area contributed by atoms with Gasteiger partial charge in [-0.1, -0.05) is 17.7 Å². The van der Waals surface area contributed by atoms with Gasteiger partial charge in [0.2, 0.25) is 0 Å². The second-order valence-electron chi connectivity index (χ2n) is 2.56. The maximum Gasteiger partial charge on any atom is 0.131 e. The second-order valence-corrected chi connectivity index (χ2v) is 3.97. The van der Waals surface area contributed by atoms with E-state index in [1.807, 2.05) is 25.1 Å². The lowest BCUT2D eigenvalue weighted by atomic mass is 10.3. The Labute approximate surface area is 88.7 Å². The molecule has 0 atom stereocenters. The third-order valence-electron chi connectivity index (χ3n) is 1.80. The van der Waals surface area contributed by atoms with E-state index < -0.39 is 0 Å². The van der Waals surface area contributed by atoms with Crippen LogP contribution >= 0.6 is 34.2 Å². The Morgan fingerprint density at radius 2 is 2.25 bits per heavy atom. The predicted molar refractivity (Wildman–Crippen MR) is 57.7 cm³/mol. The number of aryl methyl sites for hydroxylation is 1. The van der Waals surface area contributed by atoms with E-state index in [1.165, 1.54) is 5.56 Å². The summed E-state index contributed by atoms with van der Waals surface area (Å²) in [7, 11) is 0. The molecular formula is C8H6ClIN2. The van der Waals surface area contributed by atoms with Crippen molar-refractivity contribution in [3.05, 3.63) is 32.6 Å². The van der Waals surface area contributed by atoms with Crippen LogP contribution in [0.3, 0.4) is 0 Å². The largest absolute Gasteiger partial charge is 0.221 e. The van der Waals surface area contributed by atoms with Gasteiger partial charge in [0.15, 0.2) is 0 Å². The monoisotopic (exact) mass is 292 g/mol. The number of rotatable bonds is 0. The average molecular weight is 293 g/mol. The molecular weight excluding hydrogens is 286 g/mol. The lowest BCUT2D eigenvalue weighted by Crippen LogP contribution is -1.87. The molecule has 0 aromatic carbocycles. The fraction of sp³-hybridized carbons (Fsp3) is 0.125. The summed E-state index contributed by atoms with van der Waals surface area (Å²) in [6.07, 6.45) is 0. The quantitative estimate of drug-likeness (QED) is 0.539. The molecule has 0 unspecified atom stereocenters. The molecule has 0 saturated heterocycles. The summed E-state index contributed by atoms with van der Waals surface area (Å²) < 4.78 is 2.75. The number of pyridine rings is 1. The molecule has 0 amide bonds. The lowest BCUT2D eigenvalue weighted by Gasteiger charge is -1.94. The fourth-order valence-electron chi connectivity index (χ4n) is 1.13. The van der Waals surface area contributed by atoms with Crippen molar-refractivity contribution >= 4 is 39.7 Å². The van der Waals surface area contributed by atoms with E-state index in [1.54, 1.807) is 4.52 Å². The normalized spacial score (nSPS) is 10.9. The molecule has 0 spiro atoms. The van der Waals surface area contributed by atoms with Crippen LogP contribution in [-0.4, -0.2) is 9.61 Å². The molecule has 2 heterocycles. The minimum atomic E-state index is 0.651. The van der Waals surface area contributed by atoms with Gasteiger partial charge in [0.1, 0.15) is 8.85 Å². The number of aromatic nitrogens is 2. The number of hydrogen-bond acceptors (Lipinski definition) is 1. The van der Waals surface area contributed by atoms with Crippen molar-refractivity contribution in [3.63, 3.8) is 0 Å². The summed E-state index contributed by atoms with van der Waals surface area (Å²) in [6.45, 7) is 2.04. The highest BCUT2D eigenvalue weighted by Crippen LogP contribution is 2.19. The third kappa shape index (κ3) is 1.11. The molecule has 2 rings (SSSR count). The van der Waals surface area contributed by atoms with Crippen LogP contribution in [0.4, 0.5) is 0 Å². The minimum Gasteiger partial charge on any atom is -0.221 e. The molecule has 0 saturated carbocycles. The zero-order valence-electron chi connectivity index (χ0n) is 6.38. The van der Waals surface area contributed by atoms with Gasteiger partial charge in [-0.05, 0) is 41.6 Å². The van der Waals surface area contributed by atoms with Gasteiger partial charge in [-0.25, -0.2) is 4.52 Å². The van der Waals surface area contributed by atoms with Crippen molar-refractivity contribution in [1.82, 2.24) is 9.61 Å². The first-order chi connectivity index (χ1) is 5.70. The predicted octanol–water partition coefficient (Wildman–Crippen LogP) is 2.90. The molecule has 0 radical (unpaired) electrons. The molecule has 0 aliphatic heterocycles. The first-order valence-corrected chi connectivity index (χ1v) is 4.95. The van der Waals surface area contributed by atoms with Gasteiger partial charge in [0, 0.05) is 5.56 Å².